The van der Waals surface area contributed by atoms with Crippen molar-refractivity contribution in [3.05, 3.63) is 66.2 Å². The van der Waals surface area contributed by atoms with Crippen LogP contribution in [0.1, 0.15) is 39.2 Å². The van der Waals surface area contributed by atoms with Crippen molar-refractivity contribution in [2.75, 3.05) is 32.1 Å². The predicted octanol–water partition coefficient (Wildman–Crippen LogP) is 7.00. The SMILES string of the molecule is COCCN(CCc1ccc(-c2cc3nccc(Oc4ccc(NC(=O)NC5CC5)cc4F)c3s2)nc1)C(=O)OC(C)(C)C. The van der Waals surface area contributed by atoms with Crippen LogP contribution in [-0.4, -0.2) is 65.4 Å². The fraction of sp³-hybridized carbons (Fsp3) is 0.375. The molecule has 1 aliphatic carbocycles. The zero-order chi connectivity index (χ0) is 31.3. The quantitative estimate of drug-likeness (QED) is 0.185. The Morgan fingerprint density at radius 1 is 1.07 bits per heavy atom. The minimum Gasteiger partial charge on any atom is -0.453 e. The number of hydrogen-bond acceptors (Lipinski definition) is 8. The topological polar surface area (TPSA) is 115 Å². The van der Waals surface area contributed by atoms with Gasteiger partial charge in [-0.3, -0.25) is 9.97 Å². The van der Waals surface area contributed by atoms with Crippen LogP contribution in [0.25, 0.3) is 20.8 Å². The summed E-state index contributed by atoms with van der Waals surface area (Å²) in [6, 6.07) is 11.7. The van der Waals surface area contributed by atoms with Crippen LogP contribution in [0.2, 0.25) is 0 Å². The average molecular weight is 622 g/mol. The standard InChI is InChI=1S/C32H36FN5O5S/c1-32(2,3)43-31(40)38(15-16-41-4)14-12-20-5-9-24(35-19-20)28-18-25-29(44-28)27(11-13-34-25)42-26-10-8-22(17-23(26)33)37-30(39)36-21-6-7-21/h5,8-11,13,17-19,21H,6-7,12,14-16H2,1-4H3,(H2,36,37,39). The molecule has 0 atom stereocenters. The fourth-order valence-electron chi connectivity index (χ4n) is 4.29. The van der Waals surface area contributed by atoms with Crippen molar-refractivity contribution < 1.29 is 28.2 Å². The number of rotatable bonds is 11. The summed E-state index contributed by atoms with van der Waals surface area (Å²) < 4.78 is 32.3. The van der Waals surface area contributed by atoms with Crippen LogP contribution in [0.15, 0.2) is 54.9 Å². The van der Waals surface area contributed by atoms with E-state index in [1.165, 1.54) is 23.5 Å². The molecule has 3 aromatic heterocycles. The lowest BCUT2D eigenvalue weighted by atomic mass is 10.1. The number of urea groups is 1. The number of carbonyl (C=O) groups is 2. The van der Waals surface area contributed by atoms with Gasteiger partial charge in [0.2, 0.25) is 0 Å². The second kappa shape index (κ2) is 13.6. The fourth-order valence-corrected chi connectivity index (χ4v) is 5.33. The Kier molecular flexibility index (Phi) is 9.60. The van der Waals surface area contributed by atoms with E-state index < -0.39 is 11.4 Å². The Labute approximate surface area is 259 Å². The molecule has 2 N–H and O–H groups in total. The van der Waals surface area contributed by atoms with E-state index in [1.807, 2.05) is 39.0 Å². The van der Waals surface area contributed by atoms with Crippen LogP contribution < -0.4 is 15.4 Å². The van der Waals surface area contributed by atoms with E-state index in [9.17, 15) is 14.0 Å². The number of halogens is 1. The maximum absolute atomic E-state index is 14.9. The maximum Gasteiger partial charge on any atom is 0.410 e. The minimum absolute atomic E-state index is 0.0361. The Bertz CT molecular complexity index is 1620. The van der Waals surface area contributed by atoms with Gasteiger partial charge in [0.05, 0.1) is 27.4 Å². The number of pyridine rings is 2. The van der Waals surface area contributed by atoms with E-state index >= 15 is 0 Å². The van der Waals surface area contributed by atoms with Crippen LogP contribution in [-0.2, 0) is 15.9 Å². The molecule has 44 heavy (non-hydrogen) atoms. The highest BCUT2D eigenvalue weighted by Crippen LogP contribution is 2.39. The first-order valence-corrected chi connectivity index (χ1v) is 15.3. The molecule has 3 amide bonds. The number of hydrogen-bond donors (Lipinski definition) is 2. The predicted molar refractivity (Wildman–Crippen MR) is 168 cm³/mol. The number of nitrogens with one attached hydrogen (secondary N) is 2. The van der Waals surface area contributed by atoms with Crippen LogP contribution in [0.3, 0.4) is 0 Å². The van der Waals surface area contributed by atoms with Gasteiger partial charge in [-0.2, -0.15) is 0 Å². The van der Waals surface area contributed by atoms with E-state index in [2.05, 4.69) is 20.6 Å². The van der Waals surface area contributed by atoms with Gasteiger partial charge in [-0.15, -0.1) is 11.3 Å². The number of fused-ring (bicyclic) bond motifs is 1. The smallest absolute Gasteiger partial charge is 0.410 e. The maximum atomic E-state index is 14.9. The van der Waals surface area contributed by atoms with Gasteiger partial charge in [0.1, 0.15) is 11.4 Å². The largest absolute Gasteiger partial charge is 0.453 e. The van der Waals surface area contributed by atoms with Crippen molar-refractivity contribution in [1.29, 1.82) is 0 Å². The lowest BCUT2D eigenvalue weighted by Gasteiger charge is -2.27. The van der Waals surface area contributed by atoms with Gasteiger partial charge < -0.3 is 29.7 Å². The summed E-state index contributed by atoms with van der Waals surface area (Å²) in [5.41, 5.74) is 2.20. The van der Waals surface area contributed by atoms with Gasteiger partial charge in [-0.25, -0.2) is 14.0 Å². The van der Waals surface area contributed by atoms with Crippen LogP contribution >= 0.6 is 11.3 Å². The second-order valence-electron chi connectivity index (χ2n) is 11.5. The number of nitrogens with zero attached hydrogens (tertiary/aromatic N) is 3. The van der Waals surface area contributed by atoms with Crippen molar-refractivity contribution in [3.63, 3.8) is 0 Å². The molecule has 5 rings (SSSR count). The normalized spacial score (nSPS) is 13.0. The highest BCUT2D eigenvalue weighted by atomic mass is 32.1. The first kappa shape index (κ1) is 31.1. The van der Waals surface area contributed by atoms with Crippen LogP contribution in [0.5, 0.6) is 11.5 Å². The van der Waals surface area contributed by atoms with E-state index in [0.717, 1.165) is 33.7 Å². The third-order valence-electron chi connectivity index (χ3n) is 6.66. The van der Waals surface area contributed by atoms with Crippen LogP contribution in [0.4, 0.5) is 19.7 Å². The molecule has 0 aliphatic heterocycles. The van der Waals surface area contributed by atoms with E-state index in [0.29, 0.717) is 43.1 Å². The molecule has 4 aromatic rings. The molecule has 3 heterocycles. The number of methoxy groups -OCH3 is 1. The minimum atomic E-state index is -0.597. The first-order chi connectivity index (χ1) is 21.1. The zero-order valence-corrected chi connectivity index (χ0v) is 26.0. The van der Waals surface area contributed by atoms with Gasteiger partial charge in [0.25, 0.3) is 0 Å². The van der Waals surface area contributed by atoms with Crippen molar-refractivity contribution in [1.82, 2.24) is 20.2 Å². The highest BCUT2D eigenvalue weighted by Gasteiger charge is 2.24. The van der Waals surface area contributed by atoms with E-state index in [4.69, 9.17) is 14.2 Å². The van der Waals surface area contributed by atoms with Crippen molar-refractivity contribution in [3.8, 4) is 22.1 Å². The van der Waals surface area contributed by atoms with Crippen molar-refractivity contribution in [2.24, 2.45) is 0 Å². The lowest BCUT2D eigenvalue weighted by molar-refractivity contribution is 0.0204. The number of anilines is 1. The molecule has 1 saturated carbocycles. The molecule has 12 heteroatoms. The monoisotopic (exact) mass is 621 g/mol. The van der Waals surface area contributed by atoms with Gasteiger partial charge in [0, 0.05) is 56.5 Å². The Hall–Kier alpha value is -4.29. The summed E-state index contributed by atoms with van der Waals surface area (Å²) in [4.78, 5) is 36.3. The molecule has 1 aromatic carbocycles. The van der Waals surface area contributed by atoms with E-state index in [-0.39, 0.29) is 23.9 Å². The number of benzene rings is 1. The lowest BCUT2D eigenvalue weighted by Crippen LogP contribution is -2.39. The molecule has 1 aliphatic rings. The van der Waals surface area contributed by atoms with Gasteiger partial charge >= 0.3 is 12.1 Å². The zero-order valence-electron chi connectivity index (χ0n) is 25.2. The molecule has 10 nitrogen and oxygen atoms in total. The highest BCUT2D eigenvalue weighted by molar-refractivity contribution is 7.22. The number of carbonyl (C=O) groups excluding carboxylic acids is 2. The molecular formula is C32H36FN5O5S. The second-order valence-corrected chi connectivity index (χ2v) is 12.6. The number of thiophene rings is 1. The molecule has 1 fully saturated rings. The summed E-state index contributed by atoms with van der Waals surface area (Å²) >= 11 is 1.45. The average Bonchev–Trinajstić information content (AvgIpc) is 3.67. The molecule has 0 unspecified atom stereocenters. The third kappa shape index (κ3) is 8.42. The van der Waals surface area contributed by atoms with Gasteiger partial charge in [0.15, 0.2) is 11.6 Å². The third-order valence-corrected chi connectivity index (χ3v) is 7.82. The number of aromatic nitrogens is 2. The van der Waals surface area contributed by atoms with Gasteiger partial charge in [-0.05, 0) is 69.9 Å². The summed E-state index contributed by atoms with van der Waals surface area (Å²) in [6.45, 7) is 6.83. The summed E-state index contributed by atoms with van der Waals surface area (Å²) in [7, 11) is 1.60. The number of amides is 3. The molecule has 0 radical (unpaired) electrons. The molecule has 0 spiro atoms. The van der Waals surface area contributed by atoms with Gasteiger partial charge in [-0.1, -0.05) is 6.07 Å². The van der Waals surface area contributed by atoms with Crippen molar-refractivity contribution in [2.45, 2.75) is 51.7 Å². The Morgan fingerprint density at radius 3 is 2.57 bits per heavy atom. The molecular weight excluding hydrogens is 585 g/mol. The van der Waals surface area contributed by atoms with Crippen molar-refractivity contribution >= 4 is 39.4 Å². The van der Waals surface area contributed by atoms with Crippen LogP contribution in [0, 0.1) is 5.82 Å². The Balaban J connectivity index is 1.25. The van der Waals surface area contributed by atoms with E-state index in [1.54, 1.807) is 36.5 Å². The summed E-state index contributed by atoms with van der Waals surface area (Å²) in [5, 5.41) is 5.45. The summed E-state index contributed by atoms with van der Waals surface area (Å²) in [6.07, 6.45) is 5.57. The number of ether oxygens (including phenoxy) is 3. The molecule has 0 bridgehead atoms. The first-order valence-electron chi connectivity index (χ1n) is 14.4. The summed E-state index contributed by atoms with van der Waals surface area (Å²) in [5.74, 6) is -0.0954. The molecule has 0 saturated heterocycles. The Morgan fingerprint density at radius 2 is 1.89 bits per heavy atom. The molecule has 232 valence electrons.